The van der Waals surface area contributed by atoms with Gasteiger partial charge < -0.3 is 5.32 Å². The van der Waals surface area contributed by atoms with Crippen LogP contribution in [-0.2, 0) is 16.6 Å². The molecule has 118 valence electrons. The summed E-state index contributed by atoms with van der Waals surface area (Å²) in [5.41, 5.74) is 2.20. The summed E-state index contributed by atoms with van der Waals surface area (Å²) < 4.78 is 25.9. The molecule has 0 saturated heterocycles. The summed E-state index contributed by atoms with van der Waals surface area (Å²) in [5.74, 6) is 0.238. The molecule has 21 heavy (non-hydrogen) atoms. The second kappa shape index (κ2) is 7.38. The highest BCUT2D eigenvalue weighted by atomic mass is 32.2. The van der Waals surface area contributed by atoms with E-state index < -0.39 is 10.0 Å². The van der Waals surface area contributed by atoms with Crippen LogP contribution in [0.4, 0.5) is 0 Å². The predicted molar refractivity (Wildman–Crippen MR) is 86.7 cm³/mol. The van der Waals surface area contributed by atoms with Gasteiger partial charge in [0, 0.05) is 19.6 Å². The van der Waals surface area contributed by atoms with Crippen LogP contribution in [-0.4, -0.2) is 38.1 Å². The van der Waals surface area contributed by atoms with Gasteiger partial charge in [0.05, 0.1) is 5.75 Å². The number of sulfonamides is 1. The molecule has 2 rings (SSSR count). The van der Waals surface area contributed by atoms with Crippen LogP contribution in [0.15, 0.2) is 24.3 Å². The van der Waals surface area contributed by atoms with Gasteiger partial charge in [-0.1, -0.05) is 29.8 Å². The highest BCUT2D eigenvalue weighted by Gasteiger charge is 2.20. The number of hydrogen-bond acceptors (Lipinski definition) is 3. The van der Waals surface area contributed by atoms with Gasteiger partial charge in [0.25, 0.3) is 0 Å². The van der Waals surface area contributed by atoms with Crippen molar-refractivity contribution in [3.8, 4) is 0 Å². The molecule has 0 atom stereocenters. The zero-order valence-corrected chi connectivity index (χ0v) is 13.8. The second-order valence-corrected chi connectivity index (χ2v) is 8.19. The Bertz CT molecular complexity index is 553. The maximum Gasteiger partial charge on any atom is 0.214 e. The van der Waals surface area contributed by atoms with E-state index in [9.17, 15) is 8.42 Å². The van der Waals surface area contributed by atoms with Gasteiger partial charge in [0.2, 0.25) is 10.0 Å². The van der Waals surface area contributed by atoms with Gasteiger partial charge in [-0.25, -0.2) is 12.7 Å². The van der Waals surface area contributed by atoms with E-state index in [-0.39, 0.29) is 5.75 Å². The van der Waals surface area contributed by atoms with E-state index in [0.29, 0.717) is 12.6 Å². The van der Waals surface area contributed by atoms with Crippen molar-refractivity contribution in [3.63, 3.8) is 0 Å². The molecular weight excluding hydrogens is 284 g/mol. The number of unbranched alkanes of at least 4 members (excludes halogenated alkanes) is 1. The molecule has 1 aliphatic carbocycles. The minimum atomic E-state index is -3.15. The van der Waals surface area contributed by atoms with E-state index in [1.807, 2.05) is 31.2 Å². The third kappa shape index (κ3) is 5.77. The third-order valence-electron chi connectivity index (χ3n) is 3.80. The lowest BCUT2D eigenvalue weighted by molar-refractivity contribution is 0.464. The Labute approximate surface area is 128 Å². The first-order valence-corrected chi connectivity index (χ1v) is 9.31. The van der Waals surface area contributed by atoms with Gasteiger partial charge >= 0.3 is 0 Å². The molecule has 0 heterocycles. The minimum absolute atomic E-state index is 0.238. The predicted octanol–water partition coefficient (Wildman–Crippen LogP) is 2.29. The highest BCUT2D eigenvalue weighted by Crippen LogP contribution is 2.18. The van der Waals surface area contributed by atoms with Crippen molar-refractivity contribution in [1.29, 1.82) is 0 Å². The Morgan fingerprint density at radius 2 is 2.05 bits per heavy atom. The van der Waals surface area contributed by atoms with Crippen LogP contribution in [0, 0.1) is 6.92 Å². The fraction of sp³-hybridized carbons (Fsp3) is 0.625. The number of aryl methyl sites for hydroxylation is 1. The zero-order valence-electron chi connectivity index (χ0n) is 13.0. The summed E-state index contributed by atoms with van der Waals surface area (Å²) in [6.45, 7) is 3.40. The molecule has 5 heteroatoms. The summed E-state index contributed by atoms with van der Waals surface area (Å²) in [5, 5.41) is 3.41. The molecule has 0 amide bonds. The first-order chi connectivity index (χ1) is 9.97. The number of benzene rings is 1. The van der Waals surface area contributed by atoms with Gasteiger partial charge in [-0.15, -0.1) is 0 Å². The van der Waals surface area contributed by atoms with Crippen molar-refractivity contribution in [2.75, 3.05) is 19.3 Å². The summed E-state index contributed by atoms with van der Waals surface area (Å²) in [6.07, 6.45) is 4.20. The van der Waals surface area contributed by atoms with Gasteiger partial charge in [0.1, 0.15) is 0 Å². The smallest absolute Gasteiger partial charge is 0.214 e. The van der Waals surface area contributed by atoms with E-state index in [0.717, 1.165) is 30.5 Å². The first-order valence-electron chi connectivity index (χ1n) is 7.70. The van der Waals surface area contributed by atoms with Crippen molar-refractivity contribution in [3.05, 3.63) is 35.4 Å². The number of nitrogens with one attached hydrogen (secondary N) is 1. The average molecular weight is 310 g/mol. The lowest BCUT2D eigenvalue weighted by Crippen LogP contribution is -2.29. The summed E-state index contributed by atoms with van der Waals surface area (Å²) in [6, 6.07) is 8.69. The average Bonchev–Trinajstić information content (AvgIpc) is 3.22. The maximum absolute atomic E-state index is 12.2. The second-order valence-electron chi connectivity index (χ2n) is 6.00. The third-order valence-corrected chi connectivity index (χ3v) is 5.69. The SMILES string of the molecule is Cc1cccc(CN(C)S(=O)(=O)CCCCNC2CC2)c1. The van der Waals surface area contributed by atoms with Crippen LogP contribution in [0.5, 0.6) is 0 Å². The van der Waals surface area contributed by atoms with Gasteiger partial charge in [0.15, 0.2) is 0 Å². The molecule has 0 spiro atoms. The van der Waals surface area contributed by atoms with E-state index in [4.69, 9.17) is 0 Å². The Kier molecular flexibility index (Phi) is 5.79. The van der Waals surface area contributed by atoms with Crippen LogP contribution in [0.2, 0.25) is 0 Å². The fourth-order valence-electron chi connectivity index (χ4n) is 2.32. The fourth-order valence-corrected chi connectivity index (χ4v) is 3.55. The van der Waals surface area contributed by atoms with Crippen LogP contribution in [0.3, 0.4) is 0 Å². The van der Waals surface area contributed by atoms with Crippen molar-refractivity contribution >= 4 is 10.0 Å². The summed E-state index contributed by atoms with van der Waals surface area (Å²) >= 11 is 0. The Balaban J connectivity index is 1.74. The van der Waals surface area contributed by atoms with Gasteiger partial charge in [-0.2, -0.15) is 0 Å². The lowest BCUT2D eigenvalue weighted by Gasteiger charge is -2.17. The summed E-state index contributed by atoms with van der Waals surface area (Å²) in [4.78, 5) is 0. The lowest BCUT2D eigenvalue weighted by atomic mass is 10.1. The topological polar surface area (TPSA) is 49.4 Å². The molecule has 1 saturated carbocycles. The van der Waals surface area contributed by atoms with Crippen LogP contribution in [0.25, 0.3) is 0 Å². The number of hydrogen-bond donors (Lipinski definition) is 1. The van der Waals surface area contributed by atoms with E-state index in [1.165, 1.54) is 17.1 Å². The molecule has 1 aromatic carbocycles. The van der Waals surface area contributed by atoms with Crippen LogP contribution < -0.4 is 5.32 Å². The van der Waals surface area contributed by atoms with Crippen molar-refractivity contribution in [1.82, 2.24) is 9.62 Å². The normalized spacial score (nSPS) is 15.6. The zero-order chi connectivity index (χ0) is 15.3. The molecule has 1 aliphatic rings. The Hall–Kier alpha value is -0.910. The molecule has 0 bridgehead atoms. The van der Waals surface area contributed by atoms with E-state index in [1.54, 1.807) is 7.05 Å². The molecule has 0 radical (unpaired) electrons. The maximum atomic E-state index is 12.2. The van der Waals surface area contributed by atoms with Crippen LogP contribution >= 0.6 is 0 Å². The van der Waals surface area contributed by atoms with Gasteiger partial charge in [-0.05, 0) is 44.7 Å². The van der Waals surface area contributed by atoms with E-state index >= 15 is 0 Å². The molecule has 0 aromatic heterocycles. The van der Waals surface area contributed by atoms with Crippen molar-refractivity contribution in [2.45, 2.75) is 45.2 Å². The van der Waals surface area contributed by atoms with Crippen LogP contribution in [0.1, 0.15) is 36.8 Å². The van der Waals surface area contributed by atoms with Crippen molar-refractivity contribution in [2.24, 2.45) is 0 Å². The molecular formula is C16H26N2O2S. The molecule has 1 fully saturated rings. The monoisotopic (exact) mass is 310 g/mol. The molecule has 1 N–H and O–H groups in total. The quantitative estimate of drug-likeness (QED) is 0.712. The first kappa shape index (κ1) is 16.5. The Morgan fingerprint density at radius 1 is 1.29 bits per heavy atom. The number of rotatable bonds is 9. The minimum Gasteiger partial charge on any atom is -0.314 e. The summed E-state index contributed by atoms with van der Waals surface area (Å²) in [7, 11) is -1.48. The number of nitrogens with zero attached hydrogens (tertiary/aromatic N) is 1. The van der Waals surface area contributed by atoms with Gasteiger partial charge in [-0.3, -0.25) is 0 Å². The largest absolute Gasteiger partial charge is 0.314 e. The molecule has 0 unspecified atom stereocenters. The molecule has 1 aromatic rings. The highest BCUT2D eigenvalue weighted by molar-refractivity contribution is 7.89. The van der Waals surface area contributed by atoms with E-state index in [2.05, 4.69) is 5.32 Å². The Morgan fingerprint density at radius 3 is 2.71 bits per heavy atom. The molecule has 4 nitrogen and oxygen atoms in total. The molecule has 0 aliphatic heterocycles. The standard InChI is InChI=1S/C16H26N2O2S/c1-14-6-5-7-15(12-14)13-18(2)21(19,20)11-4-3-10-17-16-8-9-16/h5-7,12,16-17H,3-4,8-11,13H2,1-2H3. The van der Waals surface area contributed by atoms with Crippen molar-refractivity contribution < 1.29 is 8.42 Å².